The van der Waals surface area contributed by atoms with Crippen LogP contribution in [0.2, 0.25) is 0 Å². The Kier molecular flexibility index (Phi) is 5.19. The largest absolute Gasteiger partial charge is 0.349 e. The number of Topliss-reactive ketones (excluding diaryl/α,β-unsaturated/α-hetero) is 1. The highest BCUT2D eigenvalue weighted by atomic mass is 16.2. The zero-order chi connectivity index (χ0) is 20.5. The zero-order valence-electron chi connectivity index (χ0n) is 16.7. The predicted molar refractivity (Wildman–Crippen MR) is 108 cm³/mol. The van der Waals surface area contributed by atoms with E-state index in [1.807, 2.05) is 21.6 Å². The molecule has 3 heterocycles. The smallest absolute Gasteiger partial charge is 0.269 e. The molecule has 8 nitrogen and oxygen atoms in total. The number of amides is 2. The summed E-state index contributed by atoms with van der Waals surface area (Å²) in [4.78, 5) is 45.3. The number of likely N-dealkylation sites (N-methyl/N-ethyl adjacent to an activating group) is 1. The van der Waals surface area contributed by atoms with Gasteiger partial charge in [0.1, 0.15) is 11.5 Å². The lowest BCUT2D eigenvalue weighted by atomic mass is 10.1. The number of rotatable bonds is 4. The van der Waals surface area contributed by atoms with Gasteiger partial charge in [-0.1, -0.05) is 24.3 Å². The van der Waals surface area contributed by atoms with Crippen LogP contribution in [0.3, 0.4) is 0 Å². The topological polar surface area (TPSA) is 87.5 Å². The van der Waals surface area contributed by atoms with E-state index in [-0.39, 0.29) is 23.6 Å². The normalized spacial score (nSPS) is 19.6. The monoisotopic (exact) mass is 395 g/mol. The summed E-state index contributed by atoms with van der Waals surface area (Å²) in [6.45, 7) is 5.11. The van der Waals surface area contributed by atoms with Gasteiger partial charge in [-0.3, -0.25) is 14.4 Å². The summed E-state index contributed by atoms with van der Waals surface area (Å²) < 4.78 is 1.87. The first-order valence-electron chi connectivity index (χ1n) is 9.87. The van der Waals surface area contributed by atoms with Crippen molar-refractivity contribution in [2.45, 2.75) is 19.4 Å². The number of nitrogens with zero attached hydrogens (tertiary/aromatic N) is 4. The van der Waals surface area contributed by atoms with E-state index >= 15 is 0 Å². The van der Waals surface area contributed by atoms with Crippen LogP contribution in [0.15, 0.2) is 30.5 Å². The first-order valence-corrected chi connectivity index (χ1v) is 9.87. The fraction of sp³-hybridized carbons (Fsp3) is 0.429. The first kappa shape index (κ1) is 19.3. The third-order valence-corrected chi connectivity index (χ3v) is 5.71. The van der Waals surface area contributed by atoms with E-state index in [0.29, 0.717) is 30.0 Å². The maximum atomic E-state index is 12.9. The number of aromatic nitrogens is 2. The van der Waals surface area contributed by atoms with Crippen LogP contribution in [0.5, 0.6) is 0 Å². The Bertz CT molecular complexity index is 942. The van der Waals surface area contributed by atoms with Gasteiger partial charge in [0.15, 0.2) is 5.78 Å². The summed E-state index contributed by atoms with van der Waals surface area (Å²) in [5.74, 6) is 0.544. The first-order chi connectivity index (χ1) is 13.9. The summed E-state index contributed by atoms with van der Waals surface area (Å²) in [5, 5.41) is 2.87. The van der Waals surface area contributed by atoms with E-state index in [4.69, 9.17) is 0 Å². The zero-order valence-corrected chi connectivity index (χ0v) is 16.7. The van der Waals surface area contributed by atoms with Gasteiger partial charge >= 0.3 is 0 Å². The van der Waals surface area contributed by atoms with Gasteiger partial charge in [0, 0.05) is 50.3 Å². The van der Waals surface area contributed by atoms with Gasteiger partial charge in [0.25, 0.3) is 5.91 Å². The Morgan fingerprint density at radius 1 is 1.14 bits per heavy atom. The van der Waals surface area contributed by atoms with E-state index in [1.54, 1.807) is 18.3 Å². The van der Waals surface area contributed by atoms with Gasteiger partial charge in [-0.05, 0) is 14.0 Å². The lowest BCUT2D eigenvalue weighted by Crippen LogP contribution is -2.48. The van der Waals surface area contributed by atoms with E-state index in [0.717, 1.165) is 31.7 Å². The van der Waals surface area contributed by atoms with E-state index < -0.39 is 0 Å². The fourth-order valence-corrected chi connectivity index (χ4v) is 3.91. The minimum Gasteiger partial charge on any atom is -0.349 e. The van der Waals surface area contributed by atoms with Crippen molar-refractivity contribution in [1.82, 2.24) is 24.7 Å². The van der Waals surface area contributed by atoms with E-state index in [1.165, 1.54) is 6.92 Å². The van der Waals surface area contributed by atoms with Crippen LogP contribution >= 0.6 is 0 Å². The molecule has 29 heavy (non-hydrogen) atoms. The van der Waals surface area contributed by atoms with Crippen molar-refractivity contribution in [2.24, 2.45) is 0 Å². The SMILES string of the molecule is CC(=O)c1ccc(-c2ncc3n2C(CC(=O)N2CCN(C)CC2)CNC3=O)cc1. The molecule has 1 unspecified atom stereocenters. The molecule has 2 aromatic rings. The van der Waals surface area contributed by atoms with Crippen LogP contribution in [0.1, 0.15) is 40.2 Å². The molecule has 1 aromatic heterocycles. The molecule has 2 amide bonds. The highest BCUT2D eigenvalue weighted by Crippen LogP contribution is 2.29. The van der Waals surface area contributed by atoms with Crippen LogP contribution in [-0.4, -0.2) is 76.7 Å². The summed E-state index contributed by atoms with van der Waals surface area (Å²) >= 11 is 0. The molecule has 0 bridgehead atoms. The summed E-state index contributed by atoms with van der Waals surface area (Å²) in [6, 6.07) is 6.98. The number of fused-ring (bicyclic) bond motifs is 1. The quantitative estimate of drug-likeness (QED) is 0.786. The molecule has 0 saturated carbocycles. The van der Waals surface area contributed by atoms with Gasteiger partial charge in [0.05, 0.1) is 12.2 Å². The molecular weight excluding hydrogens is 370 g/mol. The third-order valence-electron chi connectivity index (χ3n) is 5.71. The van der Waals surface area contributed by atoms with Crippen LogP contribution < -0.4 is 5.32 Å². The van der Waals surface area contributed by atoms with Crippen molar-refractivity contribution in [1.29, 1.82) is 0 Å². The average molecular weight is 395 g/mol. The number of hydrogen-bond donors (Lipinski definition) is 1. The van der Waals surface area contributed by atoms with Crippen molar-refractivity contribution in [2.75, 3.05) is 39.8 Å². The second-order valence-electron chi connectivity index (χ2n) is 7.72. The average Bonchev–Trinajstić information content (AvgIpc) is 3.17. The number of imidazole rings is 1. The lowest BCUT2D eigenvalue weighted by molar-refractivity contribution is -0.133. The molecule has 152 valence electrons. The Hall–Kier alpha value is -3.00. The van der Waals surface area contributed by atoms with Crippen molar-refractivity contribution in [3.63, 3.8) is 0 Å². The molecule has 1 N–H and O–H groups in total. The van der Waals surface area contributed by atoms with Crippen molar-refractivity contribution in [3.05, 3.63) is 41.7 Å². The Morgan fingerprint density at radius 2 is 1.83 bits per heavy atom. The van der Waals surface area contributed by atoms with Crippen molar-refractivity contribution >= 4 is 17.6 Å². The van der Waals surface area contributed by atoms with Crippen LogP contribution in [0.4, 0.5) is 0 Å². The Balaban J connectivity index is 1.60. The number of carbonyl (C=O) groups is 3. The third kappa shape index (κ3) is 3.80. The molecule has 0 radical (unpaired) electrons. The van der Waals surface area contributed by atoms with Crippen LogP contribution in [-0.2, 0) is 4.79 Å². The Morgan fingerprint density at radius 3 is 2.48 bits per heavy atom. The highest BCUT2D eigenvalue weighted by Gasteiger charge is 2.31. The van der Waals surface area contributed by atoms with E-state index in [9.17, 15) is 14.4 Å². The second-order valence-corrected chi connectivity index (χ2v) is 7.72. The molecule has 4 rings (SSSR count). The number of piperazine rings is 1. The Labute approximate surface area is 169 Å². The van der Waals surface area contributed by atoms with Crippen molar-refractivity contribution < 1.29 is 14.4 Å². The van der Waals surface area contributed by atoms with Crippen molar-refractivity contribution in [3.8, 4) is 11.4 Å². The number of benzene rings is 1. The molecule has 2 aliphatic rings. The molecule has 8 heteroatoms. The maximum absolute atomic E-state index is 12.9. The molecule has 2 aliphatic heterocycles. The maximum Gasteiger partial charge on any atom is 0.269 e. The summed E-state index contributed by atoms with van der Waals surface area (Å²) in [7, 11) is 2.06. The molecule has 1 saturated heterocycles. The van der Waals surface area contributed by atoms with E-state index in [2.05, 4.69) is 22.2 Å². The molecular formula is C21H25N5O3. The molecule has 0 spiro atoms. The van der Waals surface area contributed by atoms with Crippen LogP contribution in [0, 0.1) is 0 Å². The minimum atomic E-state index is -0.195. The standard InChI is InChI=1S/C21H25N5O3/c1-14(27)15-3-5-16(6-4-15)20-22-13-18-21(29)23-12-17(26(18)20)11-19(28)25-9-7-24(2)8-10-25/h3-6,13,17H,7-12H2,1-2H3,(H,23,29). The van der Waals surface area contributed by atoms with Crippen LogP contribution in [0.25, 0.3) is 11.4 Å². The number of ketones is 1. The molecule has 1 atom stereocenters. The second kappa shape index (κ2) is 7.79. The lowest BCUT2D eigenvalue weighted by Gasteiger charge is -2.34. The van der Waals surface area contributed by atoms with Gasteiger partial charge in [-0.15, -0.1) is 0 Å². The molecule has 0 aliphatic carbocycles. The van der Waals surface area contributed by atoms with Gasteiger partial charge in [-0.25, -0.2) is 4.98 Å². The number of nitrogens with one attached hydrogen (secondary N) is 1. The van der Waals surface area contributed by atoms with Gasteiger partial charge in [0.2, 0.25) is 5.91 Å². The minimum absolute atomic E-state index is 0.00303. The highest BCUT2D eigenvalue weighted by molar-refractivity contribution is 5.95. The van der Waals surface area contributed by atoms with Gasteiger partial charge in [-0.2, -0.15) is 0 Å². The number of hydrogen-bond acceptors (Lipinski definition) is 5. The fourth-order valence-electron chi connectivity index (χ4n) is 3.91. The van der Waals surface area contributed by atoms with Gasteiger partial charge < -0.3 is 19.7 Å². The summed E-state index contributed by atoms with van der Waals surface area (Å²) in [6.07, 6.45) is 1.86. The molecule has 1 fully saturated rings. The summed E-state index contributed by atoms with van der Waals surface area (Å²) in [5.41, 5.74) is 1.89. The molecule has 1 aromatic carbocycles. The number of carbonyl (C=O) groups excluding carboxylic acids is 3. The predicted octanol–water partition coefficient (Wildman–Crippen LogP) is 1.20.